The molecule has 0 saturated heterocycles. The number of aromatic nitrogens is 1. The summed E-state index contributed by atoms with van der Waals surface area (Å²) in [6.45, 7) is 0.517. The number of carbonyl (C=O) groups excluding carboxylic acids is 2. The van der Waals surface area contributed by atoms with E-state index in [0.717, 1.165) is 17.7 Å². The first-order valence-electron chi connectivity index (χ1n) is 7.91. The normalized spacial score (nSPS) is 10.4. The van der Waals surface area contributed by atoms with Gasteiger partial charge in [0.1, 0.15) is 5.75 Å². The third-order valence-corrected chi connectivity index (χ3v) is 3.69. The molecule has 0 spiro atoms. The van der Waals surface area contributed by atoms with Crippen LogP contribution in [0.25, 0.3) is 0 Å². The van der Waals surface area contributed by atoms with Crippen molar-refractivity contribution in [3.63, 3.8) is 0 Å². The molecule has 0 radical (unpaired) electrons. The number of pyridine rings is 1. The molecule has 132 valence electrons. The van der Waals surface area contributed by atoms with Crippen molar-refractivity contribution in [2.45, 2.75) is 12.8 Å². The van der Waals surface area contributed by atoms with E-state index >= 15 is 0 Å². The molecule has 2 rings (SSSR count). The molecule has 2 aromatic rings. The van der Waals surface area contributed by atoms with Crippen molar-refractivity contribution in [3.05, 3.63) is 59.9 Å². The average molecular weight is 343 g/mol. The fourth-order valence-corrected chi connectivity index (χ4v) is 2.32. The molecule has 0 N–H and O–H groups in total. The Morgan fingerprint density at radius 1 is 1.00 bits per heavy atom. The summed E-state index contributed by atoms with van der Waals surface area (Å²) in [6.07, 6.45) is 2.69. The molecule has 0 unspecified atom stereocenters. The number of hydrogen-bond donors (Lipinski definition) is 0. The van der Waals surface area contributed by atoms with Crippen molar-refractivity contribution in [1.82, 2.24) is 4.98 Å². The number of ether oxygens (including phenoxy) is 3. The lowest BCUT2D eigenvalue weighted by atomic mass is 9.99. The van der Waals surface area contributed by atoms with E-state index in [4.69, 9.17) is 4.74 Å². The van der Waals surface area contributed by atoms with Crippen molar-refractivity contribution in [2.24, 2.45) is 5.92 Å². The summed E-state index contributed by atoms with van der Waals surface area (Å²) in [7, 11) is 2.49. The molecule has 0 fully saturated rings. The van der Waals surface area contributed by atoms with E-state index in [0.29, 0.717) is 12.4 Å². The van der Waals surface area contributed by atoms with Crippen molar-refractivity contribution in [3.8, 4) is 5.75 Å². The monoisotopic (exact) mass is 343 g/mol. The largest absolute Gasteiger partial charge is 0.493 e. The molecule has 6 heteroatoms. The van der Waals surface area contributed by atoms with Crippen LogP contribution in [0.5, 0.6) is 5.75 Å². The number of esters is 2. The van der Waals surface area contributed by atoms with E-state index in [-0.39, 0.29) is 6.42 Å². The average Bonchev–Trinajstić information content (AvgIpc) is 2.67. The number of methoxy groups -OCH3 is 2. The van der Waals surface area contributed by atoms with Gasteiger partial charge in [-0.25, -0.2) is 0 Å². The van der Waals surface area contributed by atoms with Crippen molar-refractivity contribution in [1.29, 1.82) is 0 Å². The van der Waals surface area contributed by atoms with Crippen LogP contribution in [0, 0.1) is 5.92 Å². The fourth-order valence-electron chi connectivity index (χ4n) is 2.32. The van der Waals surface area contributed by atoms with Crippen LogP contribution in [0.1, 0.15) is 11.3 Å². The highest BCUT2D eigenvalue weighted by molar-refractivity contribution is 5.95. The zero-order valence-corrected chi connectivity index (χ0v) is 14.3. The summed E-state index contributed by atoms with van der Waals surface area (Å²) in [5.74, 6) is -1.47. The second-order valence-electron chi connectivity index (χ2n) is 5.37. The fraction of sp³-hybridized carbons (Fsp3) is 0.316. The topological polar surface area (TPSA) is 74.7 Å². The Labute approximate surface area is 146 Å². The second-order valence-corrected chi connectivity index (χ2v) is 5.37. The molecule has 1 heterocycles. The Morgan fingerprint density at radius 2 is 1.68 bits per heavy atom. The summed E-state index contributed by atoms with van der Waals surface area (Å²) >= 11 is 0. The van der Waals surface area contributed by atoms with Gasteiger partial charge in [-0.15, -0.1) is 0 Å². The Hall–Kier alpha value is -2.89. The molecule has 0 amide bonds. The molecule has 25 heavy (non-hydrogen) atoms. The van der Waals surface area contributed by atoms with Gasteiger partial charge in [0.2, 0.25) is 0 Å². The van der Waals surface area contributed by atoms with Gasteiger partial charge in [-0.2, -0.15) is 0 Å². The summed E-state index contributed by atoms with van der Waals surface area (Å²) in [5, 5.41) is 0. The lowest BCUT2D eigenvalue weighted by Crippen LogP contribution is -2.28. The number of carbonyl (C=O) groups is 2. The first-order valence-corrected chi connectivity index (χ1v) is 7.91. The SMILES string of the molecule is COC(=O)C(Cc1ccc(OCCc2ccccn2)cc1)C(=O)OC. The molecular formula is C19H21NO5. The summed E-state index contributed by atoms with van der Waals surface area (Å²) in [4.78, 5) is 27.7. The van der Waals surface area contributed by atoms with Crippen LogP contribution in [0.3, 0.4) is 0 Å². The van der Waals surface area contributed by atoms with E-state index in [1.165, 1.54) is 14.2 Å². The number of nitrogens with zero attached hydrogens (tertiary/aromatic N) is 1. The van der Waals surface area contributed by atoms with E-state index in [1.54, 1.807) is 18.3 Å². The molecule has 0 atom stereocenters. The van der Waals surface area contributed by atoms with E-state index in [2.05, 4.69) is 14.5 Å². The Balaban J connectivity index is 1.90. The predicted octanol–water partition coefficient (Wildman–Crippen LogP) is 2.21. The predicted molar refractivity (Wildman–Crippen MR) is 91.1 cm³/mol. The third kappa shape index (κ3) is 5.60. The minimum atomic E-state index is -0.967. The van der Waals surface area contributed by atoms with Gasteiger partial charge in [-0.1, -0.05) is 18.2 Å². The second kappa shape index (κ2) is 9.42. The number of hydrogen-bond acceptors (Lipinski definition) is 6. The third-order valence-electron chi connectivity index (χ3n) is 3.69. The Morgan fingerprint density at radius 3 is 2.24 bits per heavy atom. The van der Waals surface area contributed by atoms with Crippen LogP contribution in [0.2, 0.25) is 0 Å². The maximum atomic E-state index is 11.7. The molecule has 0 aliphatic rings. The lowest BCUT2D eigenvalue weighted by Gasteiger charge is -2.13. The molecule has 0 aliphatic carbocycles. The van der Waals surface area contributed by atoms with Crippen LogP contribution in [-0.2, 0) is 31.9 Å². The molecule has 0 aliphatic heterocycles. The van der Waals surface area contributed by atoms with Gasteiger partial charge in [0, 0.05) is 18.3 Å². The van der Waals surface area contributed by atoms with Crippen molar-refractivity contribution in [2.75, 3.05) is 20.8 Å². The molecule has 0 bridgehead atoms. The molecule has 1 aromatic carbocycles. The van der Waals surface area contributed by atoms with Gasteiger partial charge in [-0.3, -0.25) is 14.6 Å². The Kier molecular flexibility index (Phi) is 6.95. The molecular weight excluding hydrogens is 322 g/mol. The lowest BCUT2D eigenvalue weighted by molar-refractivity contribution is -0.158. The van der Waals surface area contributed by atoms with Crippen LogP contribution in [-0.4, -0.2) is 37.7 Å². The number of benzene rings is 1. The smallest absolute Gasteiger partial charge is 0.320 e. The highest BCUT2D eigenvalue weighted by Gasteiger charge is 2.28. The van der Waals surface area contributed by atoms with Crippen molar-refractivity contribution >= 4 is 11.9 Å². The standard InChI is InChI=1S/C19H21NO5/c1-23-18(21)17(19(22)24-2)13-14-6-8-16(9-7-14)25-12-10-15-5-3-4-11-20-15/h3-9,11,17H,10,12-13H2,1-2H3. The highest BCUT2D eigenvalue weighted by Crippen LogP contribution is 2.17. The molecule has 6 nitrogen and oxygen atoms in total. The zero-order chi connectivity index (χ0) is 18.1. The minimum Gasteiger partial charge on any atom is -0.493 e. The number of rotatable bonds is 8. The van der Waals surface area contributed by atoms with Crippen LogP contribution in [0.15, 0.2) is 48.7 Å². The van der Waals surface area contributed by atoms with Crippen molar-refractivity contribution < 1.29 is 23.8 Å². The Bertz CT molecular complexity index is 669. The van der Waals surface area contributed by atoms with Crippen LogP contribution in [0.4, 0.5) is 0 Å². The summed E-state index contributed by atoms with van der Waals surface area (Å²) in [5.41, 5.74) is 1.79. The quantitative estimate of drug-likeness (QED) is 0.540. The maximum absolute atomic E-state index is 11.7. The first kappa shape index (κ1) is 18.4. The molecule has 0 saturated carbocycles. The van der Waals surface area contributed by atoms with Crippen LogP contribution < -0.4 is 4.74 Å². The summed E-state index contributed by atoms with van der Waals surface area (Å²) < 4.78 is 15.0. The van der Waals surface area contributed by atoms with Gasteiger partial charge < -0.3 is 14.2 Å². The molecule has 1 aromatic heterocycles. The highest BCUT2D eigenvalue weighted by atomic mass is 16.5. The summed E-state index contributed by atoms with van der Waals surface area (Å²) in [6, 6.07) is 13.0. The van der Waals surface area contributed by atoms with E-state index in [9.17, 15) is 9.59 Å². The van der Waals surface area contributed by atoms with Gasteiger partial charge in [0.15, 0.2) is 5.92 Å². The maximum Gasteiger partial charge on any atom is 0.320 e. The van der Waals surface area contributed by atoms with E-state index < -0.39 is 17.9 Å². The van der Waals surface area contributed by atoms with Crippen LogP contribution >= 0.6 is 0 Å². The van der Waals surface area contributed by atoms with Gasteiger partial charge in [-0.05, 0) is 36.2 Å². The van der Waals surface area contributed by atoms with Gasteiger partial charge in [0.05, 0.1) is 20.8 Å². The van der Waals surface area contributed by atoms with Gasteiger partial charge in [0.25, 0.3) is 0 Å². The van der Waals surface area contributed by atoms with E-state index in [1.807, 2.05) is 30.3 Å². The minimum absolute atomic E-state index is 0.216. The first-order chi connectivity index (χ1) is 12.1. The zero-order valence-electron chi connectivity index (χ0n) is 14.3. The van der Waals surface area contributed by atoms with Gasteiger partial charge >= 0.3 is 11.9 Å².